The number of halogens is 3. The number of hydrogen-bond donors (Lipinski definition) is 0. The lowest BCUT2D eigenvalue weighted by atomic mass is 10.2. The normalized spacial score (nSPS) is 10.7. The van der Waals surface area contributed by atoms with Crippen LogP contribution in [0.5, 0.6) is 0 Å². The summed E-state index contributed by atoms with van der Waals surface area (Å²) in [6.07, 6.45) is 2.85. The van der Waals surface area contributed by atoms with Gasteiger partial charge < -0.3 is 9.30 Å². The second kappa shape index (κ2) is 7.52. The minimum absolute atomic E-state index is 0.0803. The van der Waals surface area contributed by atoms with Crippen molar-refractivity contribution >= 4 is 17.7 Å². The Hall–Kier alpha value is -2.29. The van der Waals surface area contributed by atoms with Crippen molar-refractivity contribution in [2.45, 2.75) is 18.6 Å². The number of benzene rings is 1. The summed E-state index contributed by atoms with van der Waals surface area (Å²) in [4.78, 5) is 27.4. The molecule has 0 saturated heterocycles. The Morgan fingerprint density at radius 1 is 1.29 bits per heavy atom. The van der Waals surface area contributed by atoms with E-state index in [9.17, 15) is 22.8 Å². The largest absolute Gasteiger partial charge is 0.462 e. The van der Waals surface area contributed by atoms with Crippen molar-refractivity contribution in [1.82, 2.24) is 9.55 Å². The molecule has 1 aromatic carbocycles. The Labute approximate surface area is 139 Å². The van der Waals surface area contributed by atoms with Crippen LogP contribution in [0.2, 0.25) is 0 Å². The second-order valence-corrected chi connectivity index (χ2v) is 5.44. The molecule has 5 nitrogen and oxygen atoms in total. The highest BCUT2D eigenvalue weighted by Gasteiger charge is 2.17. The first-order valence-electron chi connectivity index (χ1n) is 6.83. The zero-order valence-electron chi connectivity index (χ0n) is 12.8. The molecule has 0 N–H and O–H groups in total. The Kier molecular flexibility index (Phi) is 5.66. The first-order chi connectivity index (χ1) is 11.4. The molecule has 24 heavy (non-hydrogen) atoms. The number of nitrogens with zero attached hydrogens (tertiary/aromatic N) is 2. The van der Waals surface area contributed by atoms with Gasteiger partial charge in [0.2, 0.25) is 0 Å². The molecule has 0 unspecified atom stereocenters. The van der Waals surface area contributed by atoms with Crippen LogP contribution in [0.4, 0.5) is 13.2 Å². The van der Waals surface area contributed by atoms with E-state index < -0.39 is 29.0 Å². The zero-order valence-corrected chi connectivity index (χ0v) is 13.6. The zero-order chi connectivity index (χ0) is 17.9. The third-order valence-electron chi connectivity index (χ3n) is 3.03. The number of esters is 1. The lowest BCUT2D eigenvalue weighted by molar-refractivity contribution is 0.0522. The van der Waals surface area contributed by atoms with Gasteiger partial charge in [0.15, 0.2) is 22.6 Å². The predicted molar refractivity (Wildman–Crippen MR) is 81.7 cm³/mol. The fourth-order valence-electron chi connectivity index (χ4n) is 2.00. The fourth-order valence-corrected chi connectivity index (χ4v) is 2.52. The lowest BCUT2D eigenvalue weighted by Crippen LogP contribution is -2.24. The maximum atomic E-state index is 13.3. The van der Waals surface area contributed by atoms with Crippen LogP contribution in [0.25, 0.3) is 0 Å². The lowest BCUT2D eigenvalue weighted by Gasteiger charge is -2.13. The van der Waals surface area contributed by atoms with Crippen molar-refractivity contribution in [3.8, 4) is 0 Å². The molecule has 128 valence electrons. The minimum Gasteiger partial charge on any atom is -0.462 e. The monoisotopic (exact) mass is 358 g/mol. The molecule has 9 heteroatoms. The van der Waals surface area contributed by atoms with Gasteiger partial charge in [-0.2, -0.15) is 4.98 Å². The number of thioether (sulfide) groups is 1. The molecule has 0 aliphatic rings. The molecule has 2 aromatic rings. The maximum Gasteiger partial charge on any atom is 0.345 e. The minimum atomic E-state index is -1.56. The van der Waals surface area contributed by atoms with Gasteiger partial charge in [0, 0.05) is 12.7 Å². The molecule has 0 spiro atoms. The molecule has 1 heterocycles. The number of aromatic nitrogens is 2. The van der Waals surface area contributed by atoms with Crippen LogP contribution in [0.15, 0.2) is 28.3 Å². The second-order valence-electron chi connectivity index (χ2n) is 4.67. The van der Waals surface area contributed by atoms with Crippen LogP contribution >= 0.6 is 11.8 Å². The van der Waals surface area contributed by atoms with Gasteiger partial charge in [0.25, 0.3) is 5.56 Å². The van der Waals surface area contributed by atoms with E-state index in [1.165, 1.54) is 10.8 Å². The van der Waals surface area contributed by atoms with Gasteiger partial charge in [-0.1, -0.05) is 11.8 Å². The van der Waals surface area contributed by atoms with Crippen LogP contribution in [0.1, 0.15) is 22.8 Å². The summed E-state index contributed by atoms with van der Waals surface area (Å²) in [5.74, 6) is -5.05. The third kappa shape index (κ3) is 3.78. The highest BCUT2D eigenvalue weighted by Crippen LogP contribution is 2.17. The summed E-state index contributed by atoms with van der Waals surface area (Å²) >= 11 is 1.11. The van der Waals surface area contributed by atoms with E-state index in [4.69, 9.17) is 4.74 Å². The maximum absolute atomic E-state index is 13.3. The van der Waals surface area contributed by atoms with E-state index in [2.05, 4.69) is 4.98 Å². The van der Waals surface area contributed by atoms with Crippen molar-refractivity contribution in [3.05, 3.63) is 57.3 Å². The fraction of sp³-hybridized carbons (Fsp3) is 0.267. The van der Waals surface area contributed by atoms with Gasteiger partial charge in [-0.25, -0.2) is 18.0 Å². The number of carbonyl (C=O) groups is 1. The van der Waals surface area contributed by atoms with Gasteiger partial charge in [0.05, 0.1) is 6.61 Å². The first-order valence-corrected chi connectivity index (χ1v) is 8.05. The highest BCUT2D eigenvalue weighted by atomic mass is 32.2. The molecule has 1 aromatic heterocycles. The molecule has 0 aliphatic heterocycles. The molecule has 0 aliphatic carbocycles. The van der Waals surface area contributed by atoms with Gasteiger partial charge in [-0.05, 0) is 30.9 Å². The molecule has 0 bridgehead atoms. The van der Waals surface area contributed by atoms with Crippen LogP contribution in [0, 0.1) is 17.5 Å². The van der Waals surface area contributed by atoms with Crippen LogP contribution in [0.3, 0.4) is 0 Å². The summed E-state index contributed by atoms with van der Waals surface area (Å²) < 4.78 is 45.8. The smallest absolute Gasteiger partial charge is 0.345 e. The molecule has 0 radical (unpaired) electrons. The van der Waals surface area contributed by atoms with Gasteiger partial charge >= 0.3 is 5.97 Å². The van der Waals surface area contributed by atoms with Crippen molar-refractivity contribution in [2.24, 2.45) is 0 Å². The van der Waals surface area contributed by atoms with E-state index in [0.29, 0.717) is 0 Å². The van der Waals surface area contributed by atoms with Gasteiger partial charge in [-0.3, -0.25) is 4.79 Å². The van der Waals surface area contributed by atoms with E-state index in [1.807, 2.05) is 0 Å². The molecular formula is C15H13F3N2O3S. The van der Waals surface area contributed by atoms with Crippen molar-refractivity contribution in [2.75, 3.05) is 12.9 Å². The molecule has 0 saturated carbocycles. The number of ether oxygens (including phenoxy) is 1. The van der Waals surface area contributed by atoms with Gasteiger partial charge in [-0.15, -0.1) is 0 Å². The Balaban J connectivity index is 2.47. The molecule has 0 fully saturated rings. The Morgan fingerprint density at radius 2 is 1.92 bits per heavy atom. The van der Waals surface area contributed by atoms with Crippen molar-refractivity contribution in [3.63, 3.8) is 0 Å². The Bertz CT molecular complexity index is 816. The molecule has 0 amide bonds. The van der Waals surface area contributed by atoms with Crippen LogP contribution in [-0.4, -0.2) is 28.4 Å². The van der Waals surface area contributed by atoms with Gasteiger partial charge in [0.1, 0.15) is 5.56 Å². The molecule has 0 atom stereocenters. The van der Waals surface area contributed by atoms with E-state index in [1.54, 1.807) is 13.2 Å². The number of carbonyl (C=O) groups excluding carboxylic acids is 1. The first kappa shape index (κ1) is 18.1. The highest BCUT2D eigenvalue weighted by molar-refractivity contribution is 7.98. The summed E-state index contributed by atoms with van der Waals surface area (Å²) in [5.41, 5.74) is -0.940. The average molecular weight is 358 g/mol. The van der Waals surface area contributed by atoms with Crippen LogP contribution in [-0.2, 0) is 11.3 Å². The summed E-state index contributed by atoms with van der Waals surface area (Å²) in [6, 6.07) is 1.68. The summed E-state index contributed by atoms with van der Waals surface area (Å²) in [5, 5.41) is 0.234. The summed E-state index contributed by atoms with van der Waals surface area (Å²) in [6.45, 7) is 1.56. The van der Waals surface area contributed by atoms with Crippen molar-refractivity contribution < 1.29 is 22.7 Å². The standard InChI is InChI=1S/C15H13F3N2O3S/c1-3-23-14(22)9-7-20(15(24-2)19-13(9)21)6-8-4-10(16)12(18)11(17)5-8/h4-5,7H,3,6H2,1-2H3. The van der Waals surface area contributed by atoms with Crippen LogP contribution < -0.4 is 5.56 Å². The summed E-state index contributed by atoms with van der Waals surface area (Å²) in [7, 11) is 0. The van der Waals surface area contributed by atoms with E-state index in [-0.39, 0.29) is 29.4 Å². The Morgan fingerprint density at radius 3 is 2.46 bits per heavy atom. The molecular weight excluding hydrogens is 345 g/mol. The SMILES string of the molecule is CCOC(=O)c1cn(Cc2cc(F)c(F)c(F)c2)c(SC)nc1=O. The topological polar surface area (TPSA) is 61.2 Å². The number of rotatable bonds is 5. The van der Waals surface area contributed by atoms with E-state index >= 15 is 0 Å². The van der Waals surface area contributed by atoms with E-state index in [0.717, 1.165) is 23.9 Å². The third-order valence-corrected chi connectivity index (χ3v) is 3.72. The quantitative estimate of drug-likeness (QED) is 0.356. The number of hydrogen-bond acceptors (Lipinski definition) is 5. The van der Waals surface area contributed by atoms with Crippen molar-refractivity contribution in [1.29, 1.82) is 0 Å². The molecule has 2 rings (SSSR count). The average Bonchev–Trinajstić information content (AvgIpc) is 2.53. The predicted octanol–water partition coefficient (Wildman–Crippen LogP) is 2.61.